The number of fused-ring (bicyclic) bond motifs is 1. The first kappa shape index (κ1) is 15.2. The third kappa shape index (κ3) is 3.48. The van der Waals surface area contributed by atoms with Gasteiger partial charge < -0.3 is 9.30 Å². The van der Waals surface area contributed by atoms with Crippen molar-refractivity contribution in [3.8, 4) is 0 Å². The molecule has 0 aliphatic rings. The summed E-state index contributed by atoms with van der Waals surface area (Å²) in [7, 11) is -1.06. The molecule has 6 heteroatoms. The van der Waals surface area contributed by atoms with Crippen molar-refractivity contribution in [3.05, 3.63) is 29.0 Å². The minimum atomic E-state index is -1.06. The van der Waals surface area contributed by atoms with E-state index in [1.54, 1.807) is 0 Å². The second-order valence-electron chi connectivity index (χ2n) is 6.02. The Hall–Kier alpha value is -1.17. The predicted molar refractivity (Wildman–Crippen MR) is 84.2 cm³/mol. The lowest BCUT2D eigenvalue weighted by Crippen LogP contribution is -2.22. The van der Waals surface area contributed by atoms with Crippen LogP contribution in [-0.4, -0.2) is 30.5 Å². The fourth-order valence-electron chi connectivity index (χ4n) is 1.85. The fourth-order valence-corrected chi connectivity index (χ4v) is 2.85. The fraction of sp³-hybridized carbons (Fsp3) is 0.429. The zero-order chi connectivity index (χ0) is 14.8. The molecule has 0 radical (unpaired) electrons. The van der Waals surface area contributed by atoms with E-state index in [1.165, 1.54) is 6.20 Å². The molecule has 20 heavy (non-hydrogen) atoms. The summed E-state index contributed by atoms with van der Waals surface area (Å²) in [6.45, 7) is 8.18. The predicted octanol–water partition coefficient (Wildman–Crippen LogP) is 3.81. The molecule has 4 nitrogen and oxygen atoms in total. The minimum absolute atomic E-state index is 0.413. The van der Waals surface area contributed by atoms with Crippen molar-refractivity contribution in [2.75, 3.05) is 6.61 Å². The summed E-state index contributed by atoms with van der Waals surface area (Å²) >= 11 is 6.16. The molecule has 2 aromatic heterocycles. The lowest BCUT2D eigenvalue weighted by atomic mass is 10.2. The Balaban J connectivity index is 2.08. The van der Waals surface area contributed by atoms with Gasteiger partial charge in [-0.05, 0) is 12.1 Å². The van der Waals surface area contributed by atoms with Crippen LogP contribution in [0.25, 0.3) is 11.0 Å². The number of hydrogen-bond acceptors (Lipinski definition) is 3. The summed E-state index contributed by atoms with van der Waals surface area (Å²) in [6.07, 6.45) is 4.10. The molecule has 0 amide bonds. The van der Waals surface area contributed by atoms with Crippen LogP contribution in [0.5, 0.6) is 0 Å². The topological polar surface area (TPSA) is 44.1 Å². The Morgan fingerprint density at radius 1 is 1.45 bits per heavy atom. The van der Waals surface area contributed by atoms with Gasteiger partial charge in [-0.3, -0.25) is 4.79 Å². The molecule has 0 saturated carbocycles. The summed E-state index contributed by atoms with van der Waals surface area (Å²) < 4.78 is 7.61. The van der Waals surface area contributed by atoms with E-state index in [4.69, 9.17) is 16.3 Å². The van der Waals surface area contributed by atoms with E-state index in [1.807, 2.05) is 16.8 Å². The van der Waals surface area contributed by atoms with E-state index in [2.05, 4.69) is 24.6 Å². The third-order valence-electron chi connectivity index (χ3n) is 3.10. The van der Waals surface area contributed by atoms with Crippen LogP contribution >= 0.6 is 11.6 Å². The number of ether oxygens (including phenoxy) is 1. The summed E-state index contributed by atoms with van der Waals surface area (Å²) in [5.74, 6) is 0. The average Bonchev–Trinajstić information content (AvgIpc) is 2.78. The van der Waals surface area contributed by atoms with Crippen LogP contribution in [-0.2, 0) is 11.5 Å². The summed E-state index contributed by atoms with van der Waals surface area (Å²) in [5.41, 5.74) is 1.16. The monoisotopic (exact) mass is 310 g/mol. The minimum Gasteiger partial charge on any atom is -0.361 e. The smallest absolute Gasteiger partial charge is 0.153 e. The van der Waals surface area contributed by atoms with E-state index < -0.39 is 8.07 Å². The molecule has 0 unspecified atom stereocenters. The van der Waals surface area contributed by atoms with Gasteiger partial charge in [0.2, 0.25) is 0 Å². The second-order valence-corrected chi connectivity index (χ2v) is 12.0. The molecule has 0 aliphatic carbocycles. The number of nitrogens with zero attached hydrogens (tertiary/aromatic N) is 2. The quantitative estimate of drug-likeness (QED) is 0.463. The van der Waals surface area contributed by atoms with E-state index in [9.17, 15) is 4.79 Å². The maximum absolute atomic E-state index is 10.8. The van der Waals surface area contributed by atoms with Crippen molar-refractivity contribution in [2.24, 2.45) is 0 Å². The molecule has 2 aromatic rings. The SMILES string of the molecule is C[Si](C)(C)CCOCn1ccc2c(Cl)c(C=O)cnc21. The molecule has 0 N–H and O–H groups in total. The Bertz CT molecular complexity index is 619. The van der Waals surface area contributed by atoms with Gasteiger partial charge in [0.15, 0.2) is 6.29 Å². The molecule has 0 atom stereocenters. The first-order valence-electron chi connectivity index (χ1n) is 6.58. The van der Waals surface area contributed by atoms with Gasteiger partial charge >= 0.3 is 0 Å². The van der Waals surface area contributed by atoms with Crippen LogP contribution in [0.3, 0.4) is 0 Å². The van der Waals surface area contributed by atoms with E-state index >= 15 is 0 Å². The number of aromatic nitrogens is 2. The summed E-state index contributed by atoms with van der Waals surface area (Å²) in [4.78, 5) is 15.1. The van der Waals surface area contributed by atoms with E-state index in [0.717, 1.165) is 30.0 Å². The van der Waals surface area contributed by atoms with Gasteiger partial charge in [0.05, 0.1) is 10.6 Å². The Labute approximate surface area is 124 Å². The lowest BCUT2D eigenvalue weighted by molar-refractivity contribution is 0.0899. The van der Waals surface area contributed by atoms with Crippen molar-refractivity contribution < 1.29 is 9.53 Å². The first-order valence-corrected chi connectivity index (χ1v) is 10.7. The van der Waals surface area contributed by atoms with Crippen LogP contribution in [0, 0.1) is 0 Å². The molecule has 2 heterocycles. The Kier molecular flexibility index (Phi) is 4.62. The molecule has 0 bridgehead atoms. The molecular weight excluding hydrogens is 292 g/mol. The number of rotatable bonds is 6. The second kappa shape index (κ2) is 6.07. The highest BCUT2D eigenvalue weighted by Crippen LogP contribution is 2.25. The van der Waals surface area contributed by atoms with Crippen molar-refractivity contribution in [3.63, 3.8) is 0 Å². The zero-order valence-electron chi connectivity index (χ0n) is 12.0. The van der Waals surface area contributed by atoms with E-state index in [0.29, 0.717) is 17.3 Å². The van der Waals surface area contributed by atoms with Gasteiger partial charge in [-0.25, -0.2) is 4.98 Å². The van der Waals surface area contributed by atoms with Gasteiger partial charge in [-0.2, -0.15) is 0 Å². The van der Waals surface area contributed by atoms with Crippen LogP contribution in [0.1, 0.15) is 10.4 Å². The van der Waals surface area contributed by atoms with E-state index in [-0.39, 0.29) is 0 Å². The first-order chi connectivity index (χ1) is 9.42. The number of pyridine rings is 1. The number of carbonyl (C=O) groups is 1. The lowest BCUT2D eigenvalue weighted by Gasteiger charge is -2.15. The van der Waals surface area contributed by atoms with Crippen molar-refractivity contribution in [1.29, 1.82) is 0 Å². The number of hydrogen-bond donors (Lipinski definition) is 0. The van der Waals surface area contributed by atoms with Crippen molar-refractivity contribution in [2.45, 2.75) is 32.4 Å². The number of carbonyl (C=O) groups excluding carboxylic acids is 1. The molecule has 0 fully saturated rings. The molecule has 2 rings (SSSR count). The van der Waals surface area contributed by atoms with Crippen molar-refractivity contribution >= 4 is 37.0 Å². The molecule has 108 valence electrons. The Morgan fingerprint density at radius 2 is 2.20 bits per heavy atom. The summed E-state index contributed by atoms with van der Waals surface area (Å²) in [6, 6.07) is 3.00. The molecule has 0 aromatic carbocycles. The largest absolute Gasteiger partial charge is 0.361 e. The molecule has 0 aliphatic heterocycles. The normalized spacial score (nSPS) is 12.0. The van der Waals surface area contributed by atoms with Crippen LogP contribution in [0.2, 0.25) is 30.7 Å². The molecule has 0 saturated heterocycles. The van der Waals surface area contributed by atoms with Gasteiger partial charge in [0.25, 0.3) is 0 Å². The van der Waals surface area contributed by atoms with Crippen molar-refractivity contribution in [1.82, 2.24) is 9.55 Å². The highest BCUT2D eigenvalue weighted by atomic mass is 35.5. The highest BCUT2D eigenvalue weighted by Gasteiger charge is 2.13. The number of aldehydes is 1. The van der Waals surface area contributed by atoms with Crippen LogP contribution in [0.4, 0.5) is 0 Å². The maximum atomic E-state index is 10.8. The standard InChI is InChI=1S/C14H19ClN2O2Si/c1-20(2,3)7-6-19-10-17-5-4-12-13(15)11(9-18)8-16-14(12)17/h4-5,8-9H,6-7,10H2,1-3H3. The third-order valence-corrected chi connectivity index (χ3v) is 5.23. The average molecular weight is 311 g/mol. The van der Waals surface area contributed by atoms with Gasteiger partial charge in [0.1, 0.15) is 12.4 Å². The molecule has 0 spiro atoms. The van der Waals surface area contributed by atoms with Crippen LogP contribution in [0.15, 0.2) is 18.5 Å². The summed E-state index contributed by atoms with van der Waals surface area (Å²) in [5, 5.41) is 1.23. The van der Waals surface area contributed by atoms with Gasteiger partial charge in [0, 0.05) is 32.5 Å². The van der Waals surface area contributed by atoms with Gasteiger partial charge in [-0.15, -0.1) is 0 Å². The number of halogens is 1. The zero-order valence-corrected chi connectivity index (χ0v) is 13.8. The maximum Gasteiger partial charge on any atom is 0.153 e. The van der Waals surface area contributed by atoms with Crippen LogP contribution < -0.4 is 0 Å². The molecular formula is C14H19ClN2O2Si. The van der Waals surface area contributed by atoms with Gasteiger partial charge in [-0.1, -0.05) is 31.2 Å². The Morgan fingerprint density at radius 3 is 2.85 bits per heavy atom. The highest BCUT2D eigenvalue weighted by molar-refractivity contribution is 6.76.